The van der Waals surface area contributed by atoms with Crippen LogP contribution in [-0.2, 0) is 14.4 Å². The summed E-state index contributed by atoms with van der Waals surface area (Å²) in [6.07, 6.45) is 1.15. The number of carbonyl (C=O) groups is 3. The molecule has 0 bridgehead atoms. The van der Waals surface area contributed by atoms with Crippen LogP contribution in [-0.4, -0.2) is 27.9 Å². The Hall–Kier alpha value is -1.39. The van der Waals surface area contributed by atoms with Crippen LogP contribution >= 0.6 is 0 Å². The third kappa shape index (κ3) is 2.55. The molecule has 1 fully saturated rings. The summed E-state index contributed by atoms with van der Waals surface area (Å²) in [6, 6.07) is 0. The summed E-state index contributed by atoms with van der Waals surface area (Å²) in [5, 5.41) is 17.5. The van der Waals surface area contributed by atoms with Crippen molar-refractivity contribution in [3.8, 4) is 0 Å². The lowest BCUT2D eigenvalue weighted by atomic mass is 9.75. The number of rotatable bonds is 3. The molecule has 0 aromatic rings. The first-order valence-electron chi connectivity index (χ1n) is 4.91. The van der Waals surface area contributed by atoms with Crippen molar-refractivity contribution in [3.05, 3.63) is 0 Å². The SMILES string of the molecule is CC1CCC(C(C(=O)O)C(=O)O)CC1=O. The Morgan fingerprint density at radius 3 is 2.20 bits per heavy atom. The van der Waals surface area contributed by atoms with Crippen molar-refractivity contribution in [1.29, 1.82) is 0 Å². The highest BCUT2D eigenvalue weighted by atomic mass is 16.4. The van der Waals surface area contributed by atoms with Gasteiger partial charge in [-0.2, -0.15) is 0 Å². The van der Waals surface area contributed by atoms with E-state index in [9.17, 15) is 14.4 Å². The molecule has 2 unspecified atom stereocenters. The highest BCUT2D eigenvalue weighted by Crippen LogP contribution is 2.31. The average molecular weight is 214 g/mol. The van der Waals surface area contributed by atoms with Crippen LogP contribution in [0.2, 0.25) is 0 Å². The third-order valence-electron chi connectivity index (χ3n) is 2.99. The minimum absolute atomic E-state index is 0.0289. The van der Waals surface area contributed by atoms with Gasteiger partial charge >= 0.3 is 11.9 Å². The van der Waals surface area contributed by atoms with Crippen LogP contribution in [0.1, 0.15) is 26.2 Å². The number of hydrogen-bond donors (Lipinski definition) is 2. The van der Waals surface area contributed by atoms with Crippen molar-refractivity contribution in [2.45, 2.75) is 26.2 Å². The smallest absolute Gasteiger partial charge is 0.318 e. The molecule has 5 heteroatoms. The Labute approximate surface area is 87.1 Å². The van der Waals surface area contributed by atoms with E-state index >= 15 is 0 Å². The van der Waals surface area contributed by atoms with Crippen molar-refractivity contribution in [2.75, 3.05) is 0 Å². The lowest BCUT2D eigenvalue weighted by molar-refractivity contribution is -0.158. The minimum atomic E-state index is -1.44. The van der Waals surface area contributed by atoms with E-state index in [1.165, 1.54) is 0 Å². The Bertz CT molecular complexity index is 282. The van der Waals surface area contributed by atoms with E-state index < -0.39 is 23.8 Å². The van der Waals surface area contributed by atoms with Crippen molar-refractivity contribution in [1.82, 2.24) is 0 Å². The third-order valence-corrected chi connectivity index (χ3v) is 2.99. The van der Waals surface area contributed by atoms with Gasteiger partial charge < -0.3 is 10.2 Å². The fraction of sp³-hybridized carbons (Fsp3) is 0.700. The summed E-state index contributed by atoms with van der Waals surface area (Å²) >= 11 is 0. The zero-order valence-electron chi connectivity index (χ0n) is 8.47. The molecular weight excluding hydrogens is 200 g/mol. The monoisotopic (exact) mass is 214 g/mol. The van der Waals surface area contributed by atoms with E-state index in [0.29, 0.717) is 12.8 Å². The molecule has 1 aliphatic carbocycles. The summed E-state index contributed by atoms with van der Waals surface area (Å²) in [4.78, 5) is 32.8. The van der Waals surface area contributed by atoms with Gasteiger partial charge in [-0.05, 0) is 18.8 Å². The molecule has 0 saturated heterocycles. The summed E-state index contributed by atoms with van der Waals surface area (Å²) < 4.78 is 0. The van der Waals surface area contributed by atoms with Crippen molar-refractivity contribution < 1.29 is 24.6 Å². The molecule has 0 aromatic carbocycles. The number of Topliss-reactive ketones (excluding diaryl/α,β-unsaturated/α-hetero) is 1. The van der Waals surface area contributed by atoms with Gasteiger partial charge in [0, 0.05) is 12.3 Å². The van der Waals surface area contributed by atoms with Crippen LogP contribution < -0.4 is 0 Å². The molecule has 1 rings (SSSR count). The molecule has 1 saturated carbocycles. The van der Waals surface area contributed by atoms with Gasteiger partial charge in [0.15, 0.2) is 5.92 Å². The van der Waals surface area contributed by atoms with Crippen molar-refractivity contribution >= 4 is 17.7 Å². The average Bonchev–Trinajstić information content (AvgIpc) is 2.10. The predicted molar refractivity (Wildman–Crippen MR) is 50.3 cm³/mol. The Morgan fingerprint density at radius 2 is 1.80 bits per heavy atom. The van der Waals surface area contributed by atoms with Crippen LogP contribution in [0.3, 0.4) is 0 Å². The molecule has 0 radical (unpaired) electrons. The molecule has 1 aliphatic rings. The molecule has 2 N–H and O–H groups in total. The van der Waals surface area contributed by atoms with Gasteiger partial charge in [0.05, 0.1) is 0 Å². The van der Waals surface area contributed by atoms with Crippen LogP contribution in [0.4, 0.5) is 0 Å². The zero-order valence-corrected chi connectivity index (χ0v) is 8.47. The lowest BCUT2D eigenvalue weighted by Gasteiger charge is -2.27. The number of carboxylic acids is 2. The Morgan fingerprint density at radius 1 is 1.27 bits per heavy atom. The molecule has 0 aliphatic heterocycles. The van der Waals surface area contributed by atoms with Gasteiger partial charge in [0.25, 0.3) is 0 Å². The maximum Gasteiger partial charge on any atom is 0.318 e. The topological polar surface area (TPSA) is 91.7 Å². The fourth-order valence-electron chi connectivity index (χ4n) is 1.98. The number of aliphatic carboxylic acids is 2. The maximum atomic E-state index is 11.4. The highest BCUT2D eigenvalue weighted by molar-refractivity contribution is 5.94. The van der Waals surface area contributed by atoms with E-state index in [0.717, 1.165) is 0 Å². The molecular formula is C10H14O5. The molecule has 0 aromatic heterocycles. The van der Waals surface area contributed by atoms with Crippen LogP contribution in [0.5, 0.6) is 0 Å². The first kappa shape index (κ1) is 11.7. The first-order chi connectivity index (χ1) is 6.93. The first-order valence-corrected chi connectivity index (χ1v) is 4.91. The second kappa shape index (κ2) is 4.42. The van der Waals surface area contributed by atoms with Crippen LogP contribution in [0.15, 0.2) is 0 Å². The van der Waals surface area contributed by atoms with Gasteiger partial charge in [-0.15, -0.1) is 0 Å². The van der Waals surface area contributed by atoms with Gasteiger partial charge in [-0.1, -0.05) is 6.92 Å². The quantitative estimate of drug-likeness (QED) is 0.677. The van der Waals surface area contributed by atoms with Crippen LogP contribution in [0.25, 0.3) is 0 Å². The number of carboxylic acid groups (broad SMARTS) is 2. The van der Waals surface area contributed by atoms with Gasteiger partial charge in [0.2, 0.25) is 0 Å². The van der Waals surface area contributed by atoms with E-state index in [-0.39, 0.29) is 18.1 Å². The van der Waals surface area contributed by atoms with Crippen LogP contribution in [0, 0.1) is 17.8 Å². The molecule has 0 amide bonds. The Balaban J connectivity index is 2.74. The molecule has 2 atom stereocenters. The number of ketones is 1. The molecule has 15 heavy (non-hydrogen) atoms. The van der Waals surface area contributed by atoms with Crippen molar-refractivity contribution in [2.24, 2.45) is 17.8 Å². The normalized spacial score (nSPS) is 26.7. The standard InChI is InChI=1S/C10H14O5/c1-5-2-3-6(4-7(5)11)8(9(12)13)10(14)15/h5-6,8H,2-4H2,1H3,(H,12,13)(H,14,15). The van der Waals surface area contributed by atoms with E-state index in [4.69, 9.17) is 10.2 Å². The van der Waals surface area contributed by atoms with Gasteiger partial charge in [-0.25, -0.2) is 0 Å². The minimum Gasteiger partial charge on any atom is -0.481 e. The van der Waals surface area contributed by atoms with E-state index in [2.05, 4.69) is 0 Å². The zero-order chi connectivity index (χ0) is 11.6. The molecule has 0 heterocycles. The predicted octanol–water partition coefficient (Wildman–Crippen LogP) is 0.777. The molecule has 5 nitrogen and oxygen atoms in total. The van der Waals surface area contributed by atoms with Crippen molar-refractivity contribution in [3.63, 3.8) is 0 Å². The molecule has 0 spiro atoms. The summed E-state index contributed by atoms with van der Waals surface area (Å²) in [6.45, 7) is 1.79. The van der Waals surface area contributed by atoms with E-state index in [1.807, 2.05) is 0 Å². The van der Waals surface area contributed by atoms with E-state index in [1.54, 1.807) is 6.92 Å². The summed E-state index contributed by atoms with van der Waals surface area (Å²) in [7, 11) is 0. The van der Waals surface area contributed by atoms with Gasteiger partial charge in [-0.3, -0.25) is 14.4 Å². The number of hydrogen-bond acceptors (Lipinski definition) is 3. The largest absolute Gasteiger partial charge is 0.481 e. The van der Waals surface area contributed by atoms with Gasteiger partial charge in [0.1, 0.15) is 5.78 Å². The molecule has 84 valence electrons. The second-order valence-corrected chi connectivity index (χ2v) is 4.06. The summed E-state index contributed by atoms with van der Waals surface area (Å²) in [5.41, 5.74) is 0. The summed E-state index contributed by atoms with van der Waals surface area (Å²) in [5.74, 6) is -4.79. The fourth-order valence-corrected chi connectivity index (χ4v) is 1.98. The lowest BCUT2D eigenvalue weighted by Crippen LogP contribution is -2.36. The highest BCUT2D eigenvalue weighted by Gasteiger charge is 2.39. The second-order valence-electron chi connectivity index (χ2n) is 4.06. The maximum absolute atomic E-state index is 11.4. The Kier molecular flexibility index (Phi) is 3.44. The number of carbonyl (C=O) groups excluding carboxylic acids is 1.